The first-order chi connectivity index (χ1) is 36.4. The van der Waals surface area contributed by atoms with E-state index >= 15 is 0 Å². The molecule has 0 radical (unpaired) electrons. The number of carbonyl (C=O) groups is 8. The number of amides is 7. The molecule has 0 spiro atoms. The Morgan fingerprint density at radius 3 is 0.896 bits per heavy atom. The number of aliphatic carboxylic acids is 1. The number of rotatable bonds is 42. The van der Waals surface area contributed by atoms with Gasteiger partial charge in [0.05, 0.1) is 12.6 Å². The minimum Gasteiger partial charge on any atom is -0.480 e. The van der Waals surface area contributed by atoms with Gasteiger partial charge in [0.1, 0.15) is 42.3 Å². The van der Waals surface area contributed by atoms with Crippen LogP contribution in [-0.4, -0.2) is 176 Å². The van der Waals surface area contributed by atoms with Crippen LogP contribution in [0.5, 0.6) is 0 Å². The highest BCUT2D eigenvalue weighted by molar-refractivity contribution is 5.97. The van der Waals surface area contributed by atoms with E-state index in [1.54, 1.807) is 0 Å². The predicted octanol–water partition coefficient (Wildman–Crippen LogP) is -7.70. The highest BCUT2D eigenvalue weighted by Crippen LogP contribution is 2.11. The minimum absolute atomic E-state index is 0.00120. The average Bonchev–Trinajstić information content (AvgIpc) is 3.35. The van der Waals surface area contributed by atoms with Gasteiger partial charge < -0.3 is 111 Å². The summed E-state index contributed by atoms with van der Waals surface area (Å²) in [5, 5.41) is 37.8. The quantitative estimate of drug-likeness (QED) is 0.0153. The smallest absolute Gasteiger partial charge is 0.326 e. The number of aliphatic imine (C=N–C) groups is 4. The summed E-state index contributed by atoms with van der Waals surface area (Å²) in [5.74, 6) is -8.14. The van der Waals surface area contributed by atoms with Crippen LogP contribution in [0.4, 0.5) is 0 Å². The van der Waals surface area contributed by atoms with Gasteiger partial charge in [0.2, 0.25) is 41.4 Å². The summed E-state index contributed by atoms with van der Waals surface area (Å²) in [6.45, 7) is 3.47. The van der Waals surface area contributed by atoms with E-state index in [0.29, 0.717) is 32.1 Å². The van der Waals surface area contributed by atoms with E-state index in [4.69, 9.17) is 63.1 Å². The molecule has 0 aliphatic heterocycles. The van der Waals surface area contributed by atoms with E-state index in [2.05, 4.69) is 57.2 Å². The molecule has 32 nitrogen and oxygen atoms in total. The van der Waals surface area contributed by atoms with E-state index in [1.807, 2.05) is 13.8 Å². The van der Waals surface area contributed by atoms with Crippen molar-refractivity contribution in [2.45, 2.75) is 158 Å². The zero-order valence-electron chi connectivity index (χ0n) is 44.6. The highest BCUT2D eigenvalue weighted by Gasteiger charge is 2.34. The third-order valence-corrected chi connectivity index (χ3v) is 11.3. The van der Waals surface area contributed by atoms with E-state index in [0.717, 1.165) is 0 Å². The Balaban J connectivity index is 6.95. The number of carboxylic acids is 1. The summed E-state index contributed by atoms with van der Waals surface area (Å²) >= 11 is 0. The fourth-order valence-corrected chi connectivity index (χ4v) is 7.32. The molecule has 0 saturated carbocycles. The number of guanidine groups is 4. The maximum Gasteiger partial charge on any atom is 0.326 e. The van der Waals surface area contributed by atoms with Crippen molar-refractivity contribution < 1.29 is 48.6 Å². The Hall–Kier alpha value is -7.32. The summed E-state index contributed by atoms with van der Waals surface area (Å²) < 4.78 is 0. The van der Waals surface area contributed by atoms with Crippen LogP contribution < -0.4 is 100 Å². The van der Waals surface area contributed by atoms with E-state index in [1.165, 1.54) is 0 Å². The molecule has 8 atom stereocenters. The van der Waals surface area contributed by atoms with Crippen LogP contribution in [0, 0.1) is 5.92 Å². The van der Waals surface area contributed by atoms with Gasteiger partial charge in [-0.05, 0) is 115 Å². The largest absolute Gasteiger partial charge is 0.480 e. The molecule has 440 valence electrons. The summed E-state index contributed by atoms with van der Waals surface area (Å²) in [6, 6.07) is -10.8. The molecule has 32 heteroatoms. The normalized spacial score (nSPS) is 14.0. The first kappa shape index (κ1) is 69.7. The Bertz CT molecular complexity index is 1960. The molecule has 0 aliphatic carbocycles. The molecule has 0 bridgehead atoms. The zero-order chi connectivity index (χ0) is 58.5. The molecule has 0 saturated heterocycles. The van der Waals surface area contributed by atoms with Gasteiger partial charge in [-0.2, -0.15) is 0 Å². The van der Waals surface area contributed by atoms with Crippen molar-refractivity contribution in [3.63, 3.8) is 0 Å². The number of nitrogens with zero attached hydrogens (tertiary/aromatic N) is 4. The Morgan fingerprint density at radius 2 is 0.636 bits per heavy atom. The van der Waals surface area contributed by atoms with Crippen molar-refractivity contribution in [1.82, 2.24) is 37.2 Å². The molecular formula is C45H90N22O10. The van der Waals surface area contributed by atoms with E-state index in [9.17, 15) is 48.6 Å². The van der Waals surface area contributed by atoms with Gasteiger partial charge in [0.25, 0.3) is 0 Å². The van der Waals surface area contributed by atoms with Crippen LogP contribution in [0.1, 0.15) is 110 Å². The number of aliphatic hydroxyl groups is 1. The minimum atomic E-state index is -1.69. The van der Waals surface area contributed by atoms with Gasteiger partial charge in [0.15, 0.2) is 23.8 Å². The van der Waals surface area contributed by atoms with Gasteiger partial charge >= 0.3 is 5.97 Å². The number of carbonyl (C=O) groups excluding carboxylic acids is 7. The molecule has 31 N–H and O–H groups in total. The summed E-state index contributed by atoms with van der Waals surface area (Å²) in [4.78, 5) is 125. The van der Waals surface area contributed by atoms with Crippen molar-refractivity contribution in [3.8, 4) is 0 Å². The number of nitrogens with one attached hydrogen (secondary N) is 7. The monoisotopic (exact) mass is 1100 g/mol. The van der Waals surface area contributed by atoms with Gasteiger partial charge in [-0.15, -0.1) is 0 Å². The van der Waals surface area contributed by atoms with Gasteiger partial charge in [-0.3, -0.25) is 53.5 Å². The van der Waals surface area contributed by atoms with E-state index < -0.39 is 102 Å². The van der Waals surface area contributed by atoms with Crippen LogP contribution >= 0.6 is 0 Å². The lowest BCUT2D eigenvalue weighted by molar-refractivity contribution is -0.142. The maximum atomic E-state index is 14.4. The molecule has 7 amide bonds. The van der Waals surface area contributed by atoms with Crippen LogP contribution in [0.2, 0.25) is 0 Å². The highest BCUT2D eigenvalue weighted by atomic mass is 16.4. The van der Waals surface area contributed by atoms with Crippen LogP contribution in [-0.2, 0) is 38.4 Å². The van der Waals surface area contributed by atoms with Crippen molar-refractivity contribution in [2.75, 3.05) is 45.9 Å². The average molecular weight is 1100 g/mol. The molecule has 0 aliphatic rings. The lowest BCUT2D eigenvalue weighted by Gasteiger charge is -2.28. The number of aliphatic hydroxyl groups excluding tert-OH is 1. The third kappa shape index (κ3) is 32.7. The Morgan fingerprint density at radius 1 is 0.390 bits per heavy atom. The molecule has 0 rings (SSSR count). The number of hydrogen-bond donors (Lipinski definition) is 20. The van der Waals surface area contributed by atoms with Crippen LogP contribution in [0.25, 0.3) is 0 Å². The van der Waals surface area contributed by atoms with Crippen LogP contribution in [0.15, 0.2) is 20.0 Å². The molecule has 0 heterocycles. The molecule has 0 unspecified atom stereocenters. The molecule has 77 heavy (non-hydrogen) atoms. The zero-order valence-corrected chi connectivity index (χ0v) is 44.6. The van der Waals surface area contributed by atoms with Crippen molar-refractivity contribution in [3.05, 3.63) is 0 Å². The van der Waals surface area contributed by atoms with Gasteiger partial charge in [-0.25, -0.2) is 4.79 Å². The van der Waals surface area contributed by atoms with Gasteiger partial charge in [-0.1, -0.05) is 13.8 Å². The third-order valence-electron chi connectivity index (χ3n) is 11.3. The second-order valence-electron chi connectivity index (χ2n) is 18.5. The number of unbranched alkanes of at least 4 members (excludes halogenated alkanes) is 2. The Kier molecular flexibility index (Phi) is 36.2. The van der Waals surface area contributed by atoms with Crippen molar-refractivity contribution >= 4 is 71.2 Å². The SMILES string of the molecule is CC(C)C[C@H](N)C(=O)N[C@@H](CCCN=C(N)N)C(=O)N[C@@H](CCCCN)C(=O)N[C@@H](CCCN=C(N)N)C(=O)N[C@@H](CCCCN)C(=O)N[C@@H](CCCN=C(N)N)C(=O)N[C@@H](CO)C(=O)N[C@@H](CCCN=C(N)N)C(=O)O. The summed E-state index contributed by atoms with van der Waals surface area (Å²) in [5.41, 5.74) is 61.2. The second kappa shape index (κ2) is 40.0. The summed E-state index contributed by atoms with van der Waals surface area (Å²) in [6.07, 6.45) is 2.19. The Labute approximate surface area is 449 Å². The molecule has 0 aromatic carbocycles. The molecule has 0 aromatic heterocycles. The first-order valence-electron chi connectivity index (χ1n) is 25.7. The second-order valence-corrected chi connectivity index (χ2v) is 18.5. The maximum absolute atomic E-state index is 14.4. The topological polar surface area (TPSA) is 597 Å². The number of nitrogens with two attached hydrogens (primary N) is 11. The lowest BCUT2D eigenvalue weighted by atomic mass is 10.0. The summed E-state index contributed by atoms with van der Waals surface area (Å²) in [7, 11) is 0. The first-order valence-corrected chi connectivity index (χ1v) is 25.7. The molecule has 0 fully saturated rings. The number of hydrogen-bond acceptors (Lipinski definition) is 16. The van der Waals surface area contributed by atoms with Crippen LogP contribution in [0.3, 0.4) is 0 Å². The molecule has 0 aromatic rings. The van der Waals surface area contributed by atoms with Crippen molar-refractivity contribution in [1.29, 1.82) is 0 Å². The lowest BCUT2D eigenvalue weighted by Crippen LogP contribution is -2.60. The van der Waals surface area contributed by atoms with E-state index in [-0.39, 0.29) is 133 Å². The van der Waals surface area contributed by atoms with Gasteiger partial charge in [0, 0.05) is 26.2 Å². The fourth-order valence-electron chi connectivity index (χ4n) is 7.32. The molecular weight excluding hydrogens is 1010 g/mol. The standard InChI is InChI=1S/C45H90N22O10/c1-25(2)23-26(48)34(69)61-29(13-7-19-57-42(49)50)37(72)62-27(11-3-5-17-46)35(70)64-30(14-8-20-58-43(51)52)38(73)63-28(12-4-6-18-47)36(71)65-31(15-9-21-59-44(53)54)39(74)67-33(24-68)40(75)66-32(41(76)77)16-10-22-60-45(55)56/h25-33,68H,3-24,46-48H2,1-2H3,(H,61,69)(H,62,72)(H,63,73)(H,64,70)(H,65,71)(H,66,75)(H,67,74)(H,76,77)(H4,49,50,57)(H4,51,52,58)(H4,53,54,59)(H4,55,56,60)/t26-,27-,28-,29-,30-,31-,32-,33-/m0/s1. The number of carboxylic acid groups (broad SMARTS) is 1. The predicted molar refractivity (Wildman–Crippen MR) is 291 cm³/mol. The fraction of sp³-hybridized carbons (Fsp3) is 0.733. The van der Waals surface area contributed by atoms with Crippen molar-refractivity contribution in [2.24, 2.45) is 89.0 Å².